The molecular formula is C35H40FN5O3S. The van der Waals surface area contributed by atoms with Gasteiger partial charge in [-0.15, -0.1) is 0 Å². The van der Waals surface area contributed by atoms with Crippen LogP contribution < -0.4 is 10.6 Å². The highest BCUT2D eigenvalue weighted by Crippen LogP contribution is 2.43. The number of amides is 2. The molecule has 2 amide bonds. The maximum Gasteiger partial charge on any atom is 0.324 e. The molecule has 0 aliphatic carbocycles. The molecule has 2 atom stereocenters. The highest BCUT2D eigenvalue weighted by atomic mass is 32.2. The number of nitrogens with zero attached hydrogens (tertiary/aromatic N) is 3. The third-order valence-corrected chi connectivity index (χ3v) is 10.9. The molecule has 2 fully saturated rings. The summed E-state index contributed by atoms with van der Waals surface area (Å²) in [6, 6.07) is 22.5. The van der Waals surface area contributed by atoms with Crippen molar-refractivity contribution in [3.8, 4) is 5.69 Å². The quantitative estimate of drug-likeness (QED) is 0.222. The molecule has 0 saturated carbocycles. The van der Waals surface area contributed by atoms with E-state index in [1.54, 1.807) is 8.99 Å². The van der Waals surface area contributed by atoms with E-state index in [2.05, 4.69) is 31.4 Å². The Morgan fingerprint density at radius 1 is 0.933 bits per heavy atom. The summed E-state index contributed by atoms with van der Waals surface area (Å²) < 4.78 is 43.9. The van der Waals surface area contributed by atoms with E-state index < -0.39 is 15.8 Å². The van der Waals surface area contributed by atoms with Gasteiger partial charge in [-0.3, -0.25) is 5.32 Å². The summed E-state index contributed by atoms with van der Waals surface area (Å²) in [5.74, 6) is 0.387. The summed E-state index contributed by atoms with van der Waals surface area (Å²) in [6.45, 7) is 8.29. The molecule has 45 heavy (non-hydrogen) atoms. The molecule has 2 aliphatic heterocycles. The Hall–Kier alpha value is -4.02. The van der Waals surface area contributed by atoms with Crippen LogP contribution in [0.4, 0.5) is 20.7 Å². The molecule has 0 spiro atoms. The number of aryl methyl sites for hydroxylation is 1. The molecule has 3 heterocycles. The second kappa shape index (κ2) is 12.1. The third kappa shape index (κ3) is 6.67. The van der Waals surface area contributed by atoms with Gasteiger partial charge in [-0.1, -0.05) is 56.7 Å². The number of piperidine rings is 1. The van der Waals surface area contributed by atoms with Gasteiger partial charge in [0.05, 0.1) is 16.3 Å². The molecule has 2 saturated heterocycles. The second-order valence-electron chi connectivity index (χ2n) is 13.4. The van der Waals surface area contributed by atoms with Crippen molar-refractivity contribution in [3.63, 3.8) is 0 Å². The van der Waals surface area contributed by atoms with E-state index in [0.29, 0.717) is 17.4 Å². The second-order valence-corrected chi connectivity index (χ2v) is 15.3. The molecule has 2 N–H and O–H groups in total. The van der Waals surface area contributed by atoms with Crippen LogP contribution in [0.2, 0.25) is 0 Å². The van der Waals surface area contributed by atoms with Crippen molar-refractivity contribution >= 4 is 27.6 Å². The number of nitrogens with one attached hydrogen (secondary N) is 2. The average Bonchev–Trinajstić information content (AvgIpc) is 3.53. The van der Waals surface area contributed by atoms with Gasteiger partial charge in [0.2, 0.25) is 10.0 Å². The van der Waals surface area contributed by atoms with Gasteiger partial charge < -0.3 is 5.32 Å². The standard InChI is InChI=1S/C35H40FN5O3S/c1-23-8-14-28(15-9-23)40-33(22-32(39-40)35(2,3)4)38-34(42)37-27-12-10-24(11-13-27)18-25-19-29-16-17-30(20-25)41(29)45(43,44)31-7-5-6-26(36)21-31/h5-15,21-22,25,29-30H,16-20H2,1-4H3,(H2,37,38,42). The van der Waals surface area contributed by atoms with Crippen LogP contribution in [0.25, 0.3) is 5.69 Å². The Balaban J connectivity index is 1.08. The van der Waals surface area contributed by atoms with Crippen LogP contribution in [0.1, 0.15) is 63.3 Å². The summed E-state index contributed by atoms with van der Waals surface area (Å²) in [4.78, 5) is 13.1. The van der Waals surface area contributed by atoms with Crippen LogP contribution in [0.3, 0.4) is 0 Å². The first-order valence-corrected chi connectivity index (χ1v) is 16.9. The fraction of sp³-hybridized carbons (Fsp3) is 0.371. The third-order valence-electron chi connectivity index (χ3n) is 8.87. The lowest BCUT2D eigenvalue weighted by molar-refractivity contribution is 0.190. The summed E-state index contributed by atoms with van der Waals surface area (Å²) in [7, 11) is -3.74. The van der Waals surface area contributed by atoms with Crippen molar-refractivity contribution in [1.82, 2.24) is 14.1 Å². The molecule has 8 nitrogen and oxygen atoms in total. The van der Waals surface area contributed by atoms with Gasteiger partial charge in [0.25, 0.3) is 0 Å². The number of carbonyl (C=O) groups excluding carboxylic acids is 1. The lowest BCUT2D eigenvalue weighted by Crippen LogP contribution is -2.46. The number of rotatable bonds is 7. The van der Waals surface area contributed by atoms with Gasteiger partial charge in [-0.2, -0.15) is 9.40 Å². The number of carbonyl (C=O) groups is 1. The van der Waals surface area contributed by atoms with Crippen molar-refractivity contribution in [2.45, 2.75) is 82.2 Å². The molecule has 1 aromatic heterocycles. The summed E-state index contributed by atoms with van der Waals surface area (Å²) in [5, 5.41) is 10.7. The van der Waals surface area contributed by atoms with E-state index >= 15 is 0 Å². The SMILES string of the molecule is Cc1ccc(-n2nc(C(C)(C)C)cc2NC(=O)Nc2ccc(CC3CC4CCC(C3)N4S(=O)(=O)c3cccc(F)c3)cc2)cc1. The van der Waals surface area contributed by atoms with Gasteiger partial charge >= 0.3 is 6.03 Å². The van der Waals surface area contributed by atoms with Gasteiger partial charge in [0.15, 0.2) is 0 Å². The van der Waals surface area contributed by atoms with Crippen LogP contribution in [0.5, 0.6) is 0 Å². The monoisotopic (exact) mass is 629 g/mol. The van der Waals surface area contributed by atoms with Gasteiger partial charge in [-0.25, -0.2) is 22.3 Å². The molecule has 6 rings (SSSR count). The van der Waals surface area contributed by atoms with Gasteiger partial charge in [0, 0.05) is 29.3 Å². The zero-order valence-electron chi connectivity index (χ0n) is 26.1. The van der Waals surface area contributed by atoms with Gasteiger partial charge in [0.1, 0.15) is 11.6 Å². The van der Waals surface area contributed by atoms with Crippen molar-refractivity contribution in [2.24, 2.45) is 5.92 Å². The Labute approximate surface area is 264 Å². The van der Waals surface area contributed by atoms with E-state index in [1.165, 1.54) is 18.2 Å². The van der Waals surface area contributed by atoms with Crippen molar-refractivity contribution in [3.05, 3.63) is 102 Å². The van der Waals surface area contributed by atoms with Gasteiger partial charge in [-0.05, 0) is 93.0 Å². The number of hydrogen-bond acceptors (Lipinski definition) is 4. The maximum atomic E-state index is 13.8. The van der Waals surface area contributed by atoms with Crippen LogP contribution in [0.15, 0.2) is 83.8 Å². The predicted molar refractivity (Wildman–Crippen MR) is 175 cm³/mol. The number of urea groups is 1. The number of sulfonamides is 1. The van der Waals surface area contributed by atoms with E-state index in [-0.39, 0.29) is 28.4 Å². The smallest absolute Gasteiger partial charge is 0.308 e. The molecular weight excluding hydrogens is 589 g/mol. The molecule has 2 unspecified atom stereocenters. The van der Waals surface area contributed by atoms with Crippen LogP contribution >= 0.6 is 0 Å². The Kier molecular flexibility index (Phi) is 8.30. The highest BCUT2D eigenvalue weighted by Gasteiger charge is 2.47. The normalized spacial score (nSPS) is 20.2. The zero-order chi connectivity index (χ0) is 31.9. The number of aromatic nitrogens is 2. The fourth-order valence-electron chi connectivity index (χ4n) is 6.61. The lowest BCUT2D eigenvalue weighted by atomic mass is 9.87. The molecule has 236 valence electrons. The first kappa shape index (κ1) is 31.0. The number of benzene rings is 3. The minimum atomic E-state index is -3.74. The summed E-state index contributed by atoms with van der Waals surface area (Å²) in [5.41, 5.74) is 4.49. The number of halogens is 1. The maximum absolute atomic E-state index is 13.8. The van der Waals surface area contributed by atoms with Crippen molar-refractivity contribution in [2.75, 3.05) is 10.6 Å². The first-order valence-electron chi connectivity index (χ1n) is 15.5. The summed E-state index contributed by atoms with van der Waals surface area (Å²) in [6.07, 6.45) is 4.04. The number of anilines is 2. The van der Waals surface area contributed by atoms with E-state index in [4.69, 9.17) is 5.10 Å². The molecule has 2 aliphatic rings. The van der Waals surface area contributed by atoms with E-state index in [0.717, 1.165) is 60.7 Å². The van der Waals surface area contributed by atoms with Crippen LogP contribution in [0, 0.1) is 18.7 Å². The summed E-state index contributed by atoms with van der Waals surface area (Å²) >= 11 is 0. The topological polar surface area (TPSA) is 96.3 Å². The predicted octanol–water partition coefficient (Wildman–Crippen LogP) is 7.44. The van der Waals surface area contributed by atoms with Crippen LogP contribution in [-0.4, -0.2) is 40.6 Å². The fourth-order valence-corrected chi connectivity index (χ4v) is 8.53. The zero-order valence-corrected chi connectivity index (χ0v) is 26.9. The van der Waals surface area contributed by atoms with E-state index in [9.17, 15) is 17.6 Å². The number of hydrogen-bond donors (Lipinski definition) is 2. The minimum absolute atomic E-state index is 0.0271. The Morgan fingerprint density at radius 3 is 2.22 bits per heavy atom. The molecule has 2 bridgehead atoms. The Bertz CT molecular complexity index is 1780. The average molecular weight is 630 g/mol. The molecule has 3 aromatic carbocycles. The number of fused-ring (bicyclic) bond motifs is 2. The first-order chi connectivity index (χ1) is 21.4. The Morgan fingerprint density at radius 2 is 1.60 bits per heavy atom. The minimum Gasteiger partial charge on any atom is -0.308 e. The molecule has 0 radical (unpaired) electrons. The van der Waals surface area contributed by atoms with Crippen molar-refractivity contribution in [1.29, 1.82) is 0 Å². The molecule has 4 aromatic rings. The highest BCUT2D eigenvalue weighted by molar-refractivity contribution is 7.89. The van der Waals surface area contributed by atoms with Crippen molar-refractivity contribution < 1.29 is 17.6 Å². The van der Waals surface area contributed by atoms with E-state index in [1.807, 2.05) is 61.5 Å². The molecule has 10 heteroatoms. The van der Waals surface area contributed by atoms with Crippen LogP contribution in [-0.2, 0) is 21.9 Å². The largest absolute Gasteiger partial charge is 0.324 e. The lowest BCUT2D eigenvalue weighted by Gasteiger charge is -2.38.